The van der Waals surface area contributed by atoms with Crippen molar-refractivity contribution in [1.82, 2.24) is 10.2 Å². The number of rotatable bonds is 3. The minimum absolute atomic E-state index is 0. The molecule has 25 heavy (non-hydrogen) atoms. The van der Waals surface area contributed by atoms with E-state index in [-0.39, 0.29) is 36.3 Å². The number of nitrogens with two attached hydrogens (primary N) is 1. The average molecular weight is 369 g/mol. The maximum atomic E-state index is 12.1. The van der Waals surface area contributed by atoms with Gasteiger partial charge >= 0.3 is 6.03 Å². The molecule has 1 fully saturated rings. The number of piperidine rings is 1. The number of carbonyl (C=O) groups excluding carboxylic acids is 2. The van der Waals surface area contributed by atoms with E-state index in [1.807, 2.05) is 36.9 Å². The Morgan fingerprint density at radius 2 is 2.00 bits per heavy atom. The van der Waals surface area contributed by atoms with Crippen LogP contribution in [-0.2, 0) is 4.79 Å². The molecule has 1 aliphatic heterocycles. The average Bonchev–Trinajstić information content (AvgIpc) is 2.45. The highest BCUT2D eigenvalue weighted by Crippen LogP contribution is 2.27. The van der Waals surface area contributed by atoms with Crippen LogP contribution in [0, 0.1) is 19.3 Å². The Kier molecular flexibility index (Phi) is 7.41. The van der Waals surface area contributed by atoms with E-state index in [4.69, 9.17) is 5.73 Å². The molecule has 6 nitrogen and oxygen atoms in total. The fourth-order valence-electron chi connectivity index (χ4n) is 3.10. The van der Waals surface area contributed by atoms with E-state index in [9.17, 15) is 9.59 Å². The Morgan fingerprint density at radius 3 is 2.60 bits per heavy atom. The SMILES string of the molecule is Cc1ccc(NC(=O)NC(=O)CN2CCC(N)C(C)(C)C2)c(C)c1.Cl. The number of nitrogens with zero attached hydrogens (tertiary/aromatic N) is 1. The fraction of sp³-hybridized carbons (Fsp3) is 0.556. The zero-order valence-electron chi connectivity index (χ0n) is 15.4. The van der Waals surface area contributed by atoms with Crippen molar-refractivity contribution in [3.8, 4) is 0 Å². The van der Waals surface area contributed by atoms with Crippen molar-refractivity contribution in [2.75, 3.05) is 25.0 Å². The summed E-state index contributed by atoms with van der Waals surface area (Å²) in [6.45, 7) is 9.85. The first-order valence-corrected chi connectivity index (χ1v) is 8.33. The summed E-state index contributed by atoms with van der Waals surface area (Å²) in [5.41, 5.74) is 8.87. The van der Waals surface area contributed by atoms with Crippen LogP contribution in [0.5, 0.6) is 0 Å². The summed E-state index contributed by atoms with van der Waals surface area (Å²) in [7, 11) is 0. The second kappa shape index (κ2) is 8.65. The second-order valence-electron chi connectivity index (χ2n) is 7.42. The van der Waals surface area contributed by atoms with Crippen LogP contribution < -0.4 is 16.4 Å². The van der Waals surface area contributed by atoms with Gasteiger partial charge in [-0.25, -0.2) is 4.79 Å². The van der Waals surface area contributed by atoms with E-state index >= 15 is 0 Å². The number of carbonyl (C=O) groups is 2. The quantitative estimate of drug-likeness (QED) is 0.764. The number of urea groups is 1. The minimum atomic E-state index is -0.500. The zero-order valence-corrected chi connectivity index (χ0v) is 16.2. The van der Waals surface area contributed by atoms with Gasteiger partial charge in [-0.15, -0.1) is 12.4 Å². The Morgan fingerprint density at radius 1 is 1.32 bits per heavy atom. The summed E-state index contributed by atoms with van der Waals surface area (Å²) in [5.74, 6) is -0.302. The molecule has 4 N–H and O–H groups in total. The van der Waals surface area contributed by atoms with E-state index in [0.717, 1.165) is 30.6 Å². The first-order chi connectivity index (χ1) is 11.2. The molecule has 0 radical (unpaired) electrons. The van der Waals surface area contributed by atoms with Crippen LogP contribution in [0.3, 0.4) is 0 Å². The third-order valence-electron chi connectivity index (χ3n) is 4.64. The molecule has 3 amide bonds. The number of amides is 3. The molecule has 1 aliphatic rings. The number of hydrogen-bond acceptors (Lipinski definition) is 4. The second-order valence-corrected chi connectivity index (χ2v) is 7.42. The lowest BCUT2D eigenvalue weighted by molar-refractivity contribution is -0.121. The van der Waals surface area contributed by atoms with Gasteiger partial charge in [0.15, 0.2) is 0 Å². The van der Waals surface area contributed by atoms with Crippen LogP contribution in [-0.4, -0.2) is 42.5 Å². The molecule has 1 aromatic rings. The molecule has 2 rings (SSSR count). The highest BCUT2D eigenvalue weighted by molar-refractivity contribution is 6.02. The summed E-state index contributed by atoms with van der Waals surface area (Å²) in [6.07, 6.45) is 0.856. The van der Waals surface area contributed by atoms with E-state index in [2.05, 4.69) is 24.5 Å². The standard InChI is InChI=1S/C18H28N4O2.ClH/c1-12-5-6-14(13(2)9-12)20-17(24)21-16(23)10-22-8-7-15(19)18(3,4)11-22;/h5-6,9,15H,7-8,10-11,19H2,1-4H3,(H2,20,21,23,24);1H. The van der Waals surface area contributed by atoms with Crippen LogP contribution in [0.4, 0.5) is 10.5 Å². The summed E-state index contributed by atoms with van der Waals surface area (Å²) in [6, 6.07) is 5.38. The Hall–Kier alpha value is -1.63. The third kappa shape index (κ3) is 5.99. The number of benzene rings is 1. The molecule has 7 heteroatoms. The lowest BCUT2D eigenvalue weighted by atomic mass is 9.80. The van der Waals surface area contributed by atoms with Crippen LogP contribution in [0.2, 0.25) is 0 Å². The van der Waals surface area contributed by atoms with Gasteiger partial charge < -0.3 is 11.1 Å². The number of hydrogen-bond donors (Lipinski definition) is 3. The predicted molar refractivity (Wildman–Crippen MR) is 103 cm³/mol. The summed E-state index contributed by atoms with van der Waals surface area (Å²) in [4.78, 5) is 26.1. The summed E-state index contributed by atoms with van der Waals surface area (Å²) < 4.78 is 0. The predicted octanol–water partition coefficient (Wildman–Crippen LogP) is 2.43. The van der Waals surface area contributed by atoms with Crippen molar-refractivity contribution < 1.29 is 9.59 Å². The Labute approximate surface area is 155 Å². The highest BCUT2D eigenvalue weighted by Gasteiger charge is 2.34. The van der Waals surface area contributed by atoms with Crippen LogP contribution in [0.15, 0.2) is 18.2 Å². The molecule has 1 saturated heterocycles. The van der Waals surface area contributed by atoms with E-state index in [0.29, 0.717) is 5.69 Å². The number of anilines is 1. The van der Waals surface area contributed by atoms with Gasteiger partial charge in [0.2, 0.25) is 5.91 Å². The van der Waals surface area contributed by atoms with Gasteiger partial charge in [-0.3, -0.25) is 15.0 Å². The number of halogens is 1. The van der Waals surface area contributed by atoms with Crippen molar-refractivity contribution in [3.63, 3.8) is 0 Å². The van der Waals surface area contributed by atoms with Gasteiger partial charge in [0.05, 0.1) is 6.54 Å². The Balaban J connectivity index is 0.00000312. The molecule has 0 bridgehead atoms. The van der Waals surface area contributed by atoms with Crippen LogP contribution >= 0.6 is 12.4 Å². The van der Waals surface area contributed by atoms with Crippen LogP contribution in [0.1, 0.15) is 31.4 Å². The van der Waals surface area contributed by atoms with Crippen molar-refractivity contribution in [2.45, 2.75) is 40.2 Å². The monoisotopic (exact) mass is 368 g/mol. The number of imide groups is 1. The zero-order chi connectivity index (χ0) is 17.9. The molecule has 1 unspecified atom stereocenters. The topological polar surface area (TPSA) is 87.5 Å². The van der Waals surface area contributed by atoms with Gasteiger partial charge in [0.1, 0.15) is 0 Å². The van der Waals surface area contributed by atoms with Crippen molar-refractivity contribution in [1.29, 1.82) is 0 Å². The molecule has 1 heterocycles. The number of likely N-dealkylation sites (tertiary alicyclic amines) is 1. The molecule has 0 aromatic heterocycles. The molecule has 0 saturated carbocycles. The molecule has 140 valence electrons. The van der Waals surface area contributed by atoms with Gasteiger partial charge in [0.25, 0.3) is 0 Å². The van der Waals surface area contributed by atoms with Gasteiger partial charge in [-0.05, 0) is 37.3 Å². The molecule has 0 spiro atoms. The minimum Gasteiger partial charge on any atom is -0.327 e. The number of aryl methyl sites for hydroxylation is 2. The van der Waals surface area contributed by atoms with E-state index in [1.54, 1.807) is 0 Å². The third-order valence-corrected chi connectivity index (χ3v) is 4.64. The van der Waals surface area contributed by atoms with Gasteiger partial charge in [-0.1, -0.05) is 31.5 Å². The smallest absolute Gasteiger partial charge is 0.325 e. The van der Waals surface area contributed by atoms with Crippen LogP contribution in [0.25, 0.3) is 0 Å². The molecular formula is C18H29ClN4O2. The van der Waals surface area contributed by atoms with E-state index < -0.39 is 6.03 Å². The largest absolute Gasteiger partial charge is 0.327 e. The first kappa shape index (κ1) is 21.4. The lowest BCUT2D eigenvalue weighted by Gasteiger charge is -2.42. The molecule has 1 atom stereocenters. The van der Waals surface area contributed by atoms with E-state index in [1.165, 1.54) is 0 Å². The summed E-state index contributed by atoms with van der Waals surface area (Å²) >= 11 is 0. The maximum Gasteiger partial charge on any atom is 0.325 e. The maximum absolute atomic E-state index is 12.1. The number of nitrogens with one attached hydrogen (secondary N) is 2. The fourth-order valence-corrected chi connectivity index (χ4v) is 3.10. The van der Waals surface area contributed by atoms with Crippen molar-refractivity contribution >= 4 is 30.0 Å². The molecule has 1 aromatic carbocycles. The summed E-state index contributed by atoms with van der Waals surface area (Å²) in [5, 5.41) is 5.11. The van der Waals surface area contributed by atoms with Gasteiger partial charge in [-0.2, -0.15) is 0 Å². The lowest BCUT2D eigenvalue weighted by Crippen LogP contribution is -2.54. The van der Waals surface area contributed by atoms with Crippen molar-refractivity contribution in [2.24, 2.45) is 11.1 Å². The van der Waals surface area contributed by atoms with Gasteiger partial charge in [0, 0.05) is 24.8 Å². The molecular weight excluding hydrogens is 340 g/mol. The first-order valence-electron chi connectivity index (χ1n) is 8.33. The normalized spacial score (nSPS) is 19.6. The van der Waals surface area contributed by atoms with Crippen molar-refractivity contribution in [3.05, 3.63) is 29.3 Å². The highest BCUT2D eigenvalue weighted by atomic mass is 35.5. The Bertz CT molecular complexity index is 634. The molecule has 0 aliphatic carbocycles.